The van der Waals surface area contributed by atoms with Gasteiger partial charge in [0, 0.05) is 12.3 Å². The zero-order valence-corrected chi connectivity index (χ0v) is 16.9. The number of aromatic amines is 1. The molecule has 0 amide bonds. The molecule has 1 aliphatic heterocycles. The first-order chi connectivity index (χ1) is 14.1. The van der Waals surface area contributed by atoms with E-state index in [0.29, 0.717) is 0 Å². The molecule has 13 nitrogen and oxygen atoms in total. The monoisotopic (exact) mass is 498 g/mol. The van der Waals surface area contributed by atoms with Gasteiger partial charge in [0.05, 0.1) is 6.61 Å². The van der Waals surface area contributed by atoms with Crippen LogP contribution in [0.4, 0.5) is 0 Å². The molecule has 0 bridgehead atoms. The lowest BCUT2D eigenvalue weighted by molar-refractivity contribution is -0.130. The van der Waals surface area contributed by atoms with Crippen LogP contribution in [-0.4, -0.2) is 101 Å². The smallest absolute Gasteiger partial charge is 0.330 e. The minimum Gasteiger partial charge on any atom is -0.394 e. The summed E-state index contributed by atoms with van der Waals surface area (Å²) in [5, 5.41) is 64.1. The summed E-state index contributed by atoms with van der Waals surface area (Å²) < 4.78 is 6.08. The van der Waals surface area contributed by atoms with Crippen molar-refractivity contribution in [3.8, 4) is 0 Å². The Hall–Kier alpha value is -1.75. The van der Waals surface area contributed by atoms with Gasteiger partial charge in [-0.2, -0.15) is 0 Å². The molecule has 0 aromatic carbocycles. The number of aliphatic hydroxyl groups is 7. The number of ether oxygens (including phenoxy) is 1. The molecule has 30 heavy (non-hydrogen) atoms. The number of hydrogen-bond acceptors (Lipinski definition) is 11. The van der Waals surface area contributed by atoms with Crippen molar-refractivity contribution in [1.82, 2.24) is 9.55 Å². The van der Waals surface area contributed by atoms with Crippen molar-refractivity contribution in [2.45, 2.75) is 49.0 Å². The molecular formula is C16H23BrN2O11. The van der Waals surface area contributed by atoms with Crippen LogP contribution >= 0.6 is 15.9 Å². The van der Waals surface area contributed by atoms with E-state index >= 15 is 0 Å². The molecule has 1 aromatic rings. The molecule has 14 heteroatoms. The second-order valence-electron chi connectivity index (χ2n) is 6.16. The van der Waals surface area contributed by atoms with Crippen LogP contribution in [0.1, 0.15) is 6.23 Å². The van der Waals surface area contributed by atoms with Crippen molar-refractivity contribution in [3.05, 3.63) is 44.2 Å². The van der Waals surface area contributed by atoms with Crippen molar-refractivity contribution in [3.63, 3.8) is 0 Å². The number of nitrogens with one attached hydrogen (secondary N) is 1. The molecule has 0 saturated carbocycles. The van der Waals surface area contributed by atoms with Crippen molar-refractivity contribution < 1.29 is 45.3 Å². The second kappa shape index (κ2) is 12.2. The highest BCUT2D eigenvalue weighted by atomic mass is 79.9. The van der Waals surface area contributed by atoms with Gasteiger partial charge >= 0.3 is 5.69 Å². The Bertz CT molecular complexity index is 813. The van der Waals surface area contributed by atoms with Crippen molar-refractivity contribution in [1.29, 1.82) is 0 Å². The van der Waals surface area contributed by atoms with Gasteiger partial charge in [-0.3, -0.25) is 14.3 Å². The molecular weight excluding hydrogens is 476 g/mol. The van der Waals surface area contributed by atoms with Crippen molar-refractivity contribution >= 4 is 22.2 Å². The maximum atomic E-state index is 11.4. The van der Waals surface area contributed by atoms with Gasteiger partial charge in [0.15, 0.2) is 12.5 Å². The van der Waals surface area contributed by atoms with E-state index in [-0.39, 0.29) is 6.29 Å². The van der Waals surface area contributed by atoms with Crippen LogP contribution in [0, 0.1) is 0 Å². The molecule has 1 fully saturated rings. The average Bonchev–Trinajstić information content (AvgIpc) is 3.01. The molecule has 1 unspecified atom stereocenters. The van der Waals surface area contributed by atoms with Gasteiger partial charge in [0.25, 0.3) is 5.56 Å². The average molecular weight is 499 g/mol. The number of hydrogen-bond donors (Lipinski definition) is 8. The third-order valence-corrected chi connectivity index (χ3v) is 4.41. The lowest BCUT2D eigenvalue weighted by Gasteiger charge is -2.21. The van der Waals surface area contributed by atoms with E-state index in [4.69, 9.17) is 30.3 Å². The first-order valence-electron chi connectivity index (χ1n) is 8.47. The summed E-state index contributed by atoms with van der Waals surface area (Å²) in [5.41, 5.74) is -1.33. The summed E-state index contributed by atoms with van der Waals surface area (Å²) in [6.45, 7) is -0.479. The summed E-state index contributed by atoms with van der Waals surface area (Å²) in [6, 6.07) is 1.09. The molecule has 8 atom stereocenters. The fourth-order valence-corrected chi connectivity index (χ4v) is 2.72. The number of aliphatic hydroxyl groups excluding tert-OH is 7. The maximum absolute atomic E-state index is 11.4. The van der Waals surface area contributed by atoms with Crippen LogP contribution in [0.3, 0.4) is 0 Å². The number of halogens is 1. The zero-order chi connectivity index (χ0) is 23.0. The number of carbonyl (C=O) groups is 1. The highest BCUT2D eigenvalue weighted by molar-refractivity contribution is 9.11. The van der Waals surface area contributed by atoms with Gasteiger partial charge in [-0.1, -0.05) is 15.9 Å². The minimum absolute atomic E-state index is 0.0818. The largest absolute Gasteiger partial charge is 0.394 e. The van der Waals surface area contributed by atoms with Crippen LogP contribution < -0.4 is 11.2 Å². The number of nitrogens with zero attached hydrogens (tertiary/aromatic N) is 1. The molecule has 170 valence electrons. The molecule has 0 aliphatic carbocycles. The molecule has 8 N–H and O–H groups in total. The maximum Gasteiger partial charge on any atom is 0.330 e. The van der Waals surface area contributed by atoms with E-state index in [1.54, 1.807) is 0 Å². The van der Waals surface area contributed by atoms with Crippen LogP contribution in [0.5, 0.6) is 0 Å². The Morgan fingerprint density at radius 1 is 1.13 bits per heavy atom. The van der Waals surface area contributed by atoms with E-state index in [0.717, 1.165) is 22.9 Å². The highest BCUT2D eigenvalue weighted by Crippen LogP contribution is 2.27. The molecule has 1 aliphatic rings. The summed E-state index contributed by atoms with van der Waals surface area (Å²) in [7, 11) is 0. The molecule has 2 rings (SSSR count). The van der Waals surface area contributed by atoms with E-state index in [9.17, 15) is 24.6 Å². The normalized spacial score (nSPS) is 27.7. The standard InChI is InChI=1S/C9H12N2O6.C7H11BrO5/c12-3-4-6(14)7(15)8(17-4)11-2-1-5(13)10-9(11)16;8-2-1-4(10)6(12)7(13)5(11)3-9/h1-2,4,6-8,12,14-15H,3H2,(H,10,13,16);1-7,10-13H/b;2-1+/t4-,6-,7-,8-;4?,5-,6-,7+/m11/s1. The summed E-state index contributed by atoms with van der Waals surface area (Å²) in [4.78, 5) is 35.6. The molecule has 2 heterocycles. The quantitative estimate of drug-likeness (QED) is 0.168. The molecule has 0 spiro atoms. The lowest BCUT2D eigenvalue weighted by atomic mass is 10.0. The first-order valence-corrected chi connectivity index (χ1v) is 9.38. The van der Waals surface area contributed by atoms with Gasteiger partial charge < -0.3 is 45.3 Å². The summed E-state index contributed by atoms with van der Waals surface area (Å²) >= 11 is 2.86. The van der Waals surface area contributed by atoms with Gasteiger partial charge in [-0.15, -0.1) is 0 Å². The summed E-state index contributed by atoms with van der Waals surface area (Å²) in [6.07, 6.45) is -8.69. The van der Waals surface area contributed by atoms with Gasteiger partial charge in [0.2, 0.25) is 0 Å². The Kier molecular flexibility index (Phi) is 10.7. The van der Waals surface area contributed by atoms with E-state index in [1.165, 1.54) is 4.99 Å². The van der Waals surface area contributed by atoms with Crippen molar-refractivity contribution in [2.75, 3.05) is 6.61 Å². The highest BCUT2D eigenvalue weighted by Gasteiger charge is 2.43. The van der Waals surface area contributed by atoms with Gasteiger partial charge in [-0.25, -0.2) is 4.79 Å². The molecule has 1 saturated heterocycles. The minimum atomic E-state index is -1.70. The second-order valence-corrected chi connectivity index (χ2v) is 6.69. The number of rotatable bonds is 7. The fourth-order valence-electron chi connectivity index (χ4n) is 2.41. The number of aromatic nitrogens is 2. The topological polar surface area (TPSA) is 223 Å². The van der Waals surface area contributed by atoms with Crippen LogP contribution in [0.15, 0.2) is 32.9 Å². The summed E-state index contributed by atoms with van der Waals surface area (Å²) in [5.74, 6) is 0. The predicted octanol–water partition coefficient (Wildman–Crippen LogP) is -4.31. The molecule has 1 aromatic heterocycles. The third-order valence-electron chi connectivity index (χ3n) is 4.10. The lowest BCUT2D eigenvalue weighted by Crippen LogP contribution is -2.44. The van der Waals surface area contributed by atoms with E-state index in [1.807, 2.05) is 4.98 Å². The first kappa shape index (κ1) is 26.3. The third kappa shape index (κ3) is 6.63. The van der Waals surface area contributed by atoms with Gasteiger partial charge in [-0.05, 0) is 11.1 Å². The van der Waals surface area contributed by atoms with Crippen LogP contribution in [0.2, 0.25) is 0 Å². The Balaban J connectivity index is 0.000000314. The SMILES string of the molecule is O=C[C@@H](O)[C@H](O)[C@H](O)C(O)/C=C/Br.O=c1ccn([C@@H]2O[C@H](CO)[C@@H](O)[C@H]2O)c(=O)[nH]1. The fraction of sp³-hybridized carbons (Fsp3) is 0.562. The Morgan fingerprint density at radius 2 is 1.73 bits per heavy atom. The molecule has 0 radical (unpaired) electrons. The van der Waals surface area contributed by atoms with Crippen LogP contribution in [-0.2, 0) is 9.53 Å². The van der Waals surface area contributed by atoms with Crippen molar-refractivity contribution in [2.24, 2.45) is 0 Å². The van der Waals surface area contributed by atoms with Crippen LogP contribution in [0.25, 0.3) is 0 Å². The zero-order valence-electron chi connectivity index (χ0n) is 15.3. The Labute approximate surface area is 177 Å². The number of carbonyl (C=O) groups excluding carboxylic acids is 1. The van der Waals surface area contributed by atoms with Gasteiger partial charge in [0.1, 0.15) is 42.7 Å². The number of aldehydes is 1. The predicted molar refractivity (Wildman–Crippen MR) is 102 cm³/mol. The Morgan fingerprint density at radius 3 is 2.20 bits per heavy atom. The van der Waals surface area contributed by atoms with E-state index in [2.05, 4.69) is 15.9 Å². The van der Waals surface area contributed by atoms with E-state index < -0.39 is 66.8 Å². The number of H-pyrrole nitrogens is 1.